The minimum atomic E-state index is 0.655. The van der Waals surface area contributed by atoms with E-state index in [2.05, 4.69) is 21.4 Å². The minimum absolute atomic E-state index is 0.655. The summed E-state index contributed by atoms with van der Waals surface area (Å²) in [4.78, 5) is 0. The van der Waals surface area contributed by atoms with Crippen molar-refractivity contribution in [2.45, 2.75) is 0 Å². The molecule has 0 aliphatic heterocycles. The van der Waals surface area contributed by atoms with Crippen LogP contribution in [0.2, 0.25) is 5.02 Å². The van der Waals surface area contributed by atoms with E-state index in [4.69, 9.17) is 17.4 Å². The molecule has 0 amide bonds. The maximum absolute atomic E-state index is 5.70. The van der Waals surface area contributed by atoms with Gasteiger partial charge in [0, 0.05) is 9.50 Å². The molecule has 0 aliphatic carbocycles. The molecule has 10 heavy (non-hydrogen) atoms. The van der Waals surface area contributed by atoms with Gasteiger partial charge in [-0.3, -0.25) is 5.84 Å². The number of rotatable bonds is 1. The van der Waals surface area contributed by atoms with E-state index in [1.165, 1.54) is 0 Å². The molecule has 1 aromatic rings. The normalized spacial score (nSPS) is 9.50. The molecule has 0 saturated heterocycles. The standard InChI is InChI=1S/C6H6BrClN2/c7-4-1-5(8)3-6(2-4)10-9/h1-3,10H,9H2. The summed E-state index contributed by atoms with van der Waals surface area (Å²) in [6.07, 6.45) is 0. The van der Waals surface area contributed by atoms with Crippen LogP contribution in [0.4, 0.5) is 5.69 Å². The van der Waals surface area contributed by atoms with Crippen molar-refractivity contribution in [1.29, 1.82) is 0 Å². The van der Waals surface area contributed by atoms with Crippen LogP contribution in [0.5, 0.6) is 0 Å². The Labute approximate surface area is 72.5 Å². The summed E-state index contributed by atoms with van der Waals surface area (Å²) in [7, 11) is 0. The monoisotopic (exact) mass is 220 g/mol. The van der Waals surface area contributed by atoms with Crippen LogP contribution in [-0.2, 0) is 0 Å². The Morgan fingerprint density at radius 3 is 2.60 bits per heavy atom. The lowest BCUT2D eigenvalue weighted by atomic mass is 10.3. The molecule has 0 fully saturated rings. The van der Waals surface area contributed by atoms with Gasteiger partial charge in [-0.15, -0.1) is 0 Å². The molecule has 2 nitrogen and oxygen atoms in total. The first-order valence-electron chi connectivity index (χ1n) is 2.65. The molecular formula is C6H6BrClN2. The topological polar surface area (TPSA) is 38.0 Å². The summed E-state index contributed by atoms with van der Waals surface area (Å²) in [6.45, 7) is 0. The quantitative estimate of drug-likeness (QED) is 0.564. The first-order chi connectivity index (χ1) is 4.72. The Morgan fingerprint density at radius 1 is 1.40 bits per heavy atom. The molecule has 1 aromatic carbocycles. The molecule has 0 aliphatic rings. The highest BCUT2D eigenvalue weighted by Crippen LogP contribution is 2.21. The van der Waals surface area contributed by atoms with Crippen LogP contribution in [-0.4, -0.2) is 0 Å². The molecule has 0 atom stereocenters. The van der Waals surface area contributed by atoms with Crippen LogP contribution < -0.4 is 11.3 Å². The SMILES string of the molecule is NNc1cc(Cl)cc(Br)c1. The van der Waals surface area contributed by atoms with Crippen LogP contribution in [0.25, 0.3) is 0 Å². The number of halogens is 2. The highest BCUT2D eigenvalue weighted by atomic mass is 79.9. The molecule has 0 unspecified atom stereocenters. The van der Waals surface area contributed by atoms with Crippen molar-refractivity contribution >= 4 is 33.2 Å². The first kappa shape index (κ1) is 7.85. The minimum Gasteiger partial charge on any atom is -0.324 e. The first-order valence-corrected chi connectivity index (χ1v) is 3.82. The summed E-state index contributed by atoms with van der Waals surface area (Å²) >= 11 is 8.98. The fourth-order valence-electron chi connectivity index (χ4n) is 0.637. The largest absolute Gasteiger partial charge is 0.324 e. The molecule has 1 rings (SSSR count). The van der Waals surface area contributed by atoms with Gasteiger partial charge in [-0.1, -0.05) is 27.5 Å². The molecule has 0 saturated carbocycles. The zero-order valence-electron chi connectivity index (χ0n) is 5.07. The Bertz CT molecular complexity index is 219. The summed E-state index contributed by atoms with van der Waals surface area (Å²) in [5.41, 5.74) is 3.29. The van der Waals surface area contributed by atoms with E-state index < -0.39 is 0 Å². The van der Waals surface area contributed by atoms with Gasteiger partial charge < -0.3 is 5.43 Å². The van der Waals surface area contributed by atoms with Crippen molar-refractivity contribution < 1.29 is 0 Å². The zero-order chi connectivity index (χ0) is 7.56. The van der Waals surface area contributed by atoms with Gasteiger partial charge >= 0.3 is 0 Å². The Hall–Kier alpha value is -0.250. The summed E-state index contributed by atoms with van der Waals surface area (Å²) in [5, 5.41) is 0.655. The smallest absolute Gasteiger partial charge is 0.0511 e. The number of hydrogen-bond acceptors (Lipinski definition) is 2. The molecular weight excluding hydrogens is 215 g/mol. The van der Waals surface area contributed by atoms with Gasteiger partial charge in [0.2, 0.25) is 0 Å². The second kappa shape index (κ2) is 3.23. The number of nitrogens with two attached hydrogens (primary N) is 1. The summed E-state index contributed by atoms with van der Waals surface area (Å²) < 4.78 is 0.910. The lowest BCUT2D eigenvalue weighted by Gasteiger charge is -1.99. The molecule has 3 N–H and O–H groups in total. The van der Waals surface area contributed by atoms with E-state index >= 15 is 0 Å². The van der Waals surface area contributed by atoms with Crippen molar-refractivity contribution in [3.05, 3.63) is 27.7 Å². The third-order valence-electron chi connectivity index (χ3n) is 1.03. The predicted octanol–water partition coefficient (Wildman–Crippen LogP) is 2.39. The van der Waals surface area contributed by atoms with Crippen LogP contribution in [0.1, 0.15) is 0 Å². The van der Waals surface area contributed by atoms with Crippen LogP contribution >= 0.6 is 27.5 Å². The predicted molar refractivity (Wildman–Crippen MR) is 47.0 cm³/mol. The number of benzene rings is 1. The van der Waals surface area contributed by atoms with Crippen molar-refractivity contribution in [3.63, 3.8) is 0 Å². The van der Waals surface area contributed by atoms with E-state index in [0.717, 1.165) is 10.2 Å². The van der Waals surface area contributed by atoms with E-state index in [9.17, 15) is 0 Å². The fourth-order valence-corrected chi connectivity index (χ4v) is 1.50. The average molecular weight is 221 g/mol. The molecule has 0 bridgehead atoms. The van der Waals surface area contributed by atoms with Crippen LogP contribution in [0.3, 0.4) is 0 Å². The van der Waals surface area contributed by atoms with Crippen molar-refractivity contribution in [3.8, 4) is 0 Å². The maximum Gasteiger partial charge on any atom is 0.0511 e. The Kier molecular flexibility index (Phi) is 2.54. The second-order valence-corrected chi connectivity index (χ2v) is 3.15. The third kappa shape index (κ3) is 1.87. The Balaban J connectivity index is 3.06. The Morgan fingerprint density at radius 2 is 2.10 bits per heavy atom. The lowest BCUT2D eigenvalue weighted by Crippen LogP contribution is -2.06. The number of anilines is 1. The molecule has 0 radical (unpaired) electrons. The number of nitrogen functional groups attached to an aromatic ring is 1. The summed E-state index contributed by atoms with van der Waals surface area (Å²) in [6, 6.07) is 5.38. The van der Waals surface area contributed by atoms with Gasteiger partial charge in [-0.25, -0.2) is 0 Å². The van der Waals surface area contributed by atoms with Gasteiger partial charge in [0.1, 0.15) is 0 Å². The lowest BCUT2D eigenvalue weighted by molar-refractivity contribution is 1.35. The second-order valence-electron chi connectivity index (χ2n) is 1.80. The van der Waals surface area contributed by atoms with Gasteiger partial charge in [0.15, 0.2) is 0 Å². The number of hydrogen-bond donors (Lipinski definition) is 2. The van der Waals surface area contributed by atoms with Crippen molar-refractivity contribution in [1.82, 2.24) is 0 Å². The van der Waals surface area contributed by atoms with Gasteiger partial charge in [-0.2, -0.15) is 0 Å². The molecule has 4 heteroatoms. The third-order valence-corrected chi connectivity index (χ3v) is 1.71. The van der Waals surface area contributed by atoms with Crippen molar-refractivity contribution in [2.24, 2.45) is 5.84 Å². The van der Waals surface area contributed by atoms with Crippen LogP contribution in [0, 0.1) is 0 Å². The molecule has 0 aromatic heterocycles. The van der Waals surface area contributed by atoms with Crippen molar-refractivity contribution in [2.75, 3.05) is 5.43 Å². The fraction of sp³-hybridized carbons (Fsp3) is 0. The molecule has 54 valence electrons. The van der Waals surface area contributed by atoms with E-state index in [0.29, 0.717) is 5.02 Å². The molecule has 0 heterocycles. The maximum atomic E-state index is 5.70. The molecule has 0 spiro atoms. The number of nitrogens with one attached hydrogen (secondary N) is 1. The van der Waals surface area contributed by atoms with Crippen LogP contribution in [0.15, 0.2) is 22.7 Å². The van der Waals surface area contributed by atoms with Gasteiger partial charge in [-0.05, 0) is 18.2 Å². The zero-order valence-corrected chi connectivity index (χ0v) is 7.41. The highest BCUT2D eigenvalue weighted by Gasteiger charge is 1.93. The van der Waals surface area contributed by atoms with E-state index in [1.54, 1.807) is 12.1 Å². The summed E-state index contributed by atoms with van der Waals surface area (Å²) in [5.74, 6) is 5.16. The van der Waals surface area contributed by atoms with E-state index in [1.807, 2.05) is 6.07 Å². The van der Waals surface area contributed by atoms with Gasteiger partial charge in [0.05, 0.1) is 5.69 Å². The highest BCUT2D eigenvalue weighted by molar-refractivity contribution is 9.10. The number of hydrazine groups is 1. The average Bonchev–Trinajstić information content (AvgIpc) is 1.85. The van der Waals surface area contributed by atoms with Gasteiger partial charge in [0.25, 0.3) is 0 Å². The van der Waals surface area contributed by atoms with E-state index in [-0.39, 0.29) is 0 Å².